The first-order valence-electron chi connectivity index (χ1n) is 9.47. The number of benzene rings is 2. The molecule has 142 valence electrons. The molecule has 1 aliphatic carbocycles. The molecule has 0 saturated heterocycles. The van der Waals surface area contributed by atoms with Crippen LogP contribution in [0, 0.1) is 13.8 Å². The molecule has 0 atom stereocenters. The van der Waals surface area contributed by atoms with Gasteiger partial charge in [-0.2, -0.15) is 0 Å². The highest BCUT2D eigenvalue weighted by atomic mass is 32.1. The SMILES string of the molecule is Cc1ccc(N=c2scc(-c3ccc4c(c3)NC(=O)CO4)n2C2CC2)c(C)c1. The van der Waals surface area contributed by atoms with Crippen molar-refractivity contribution in [3.63, 3.8) is 0 Å². The van der Waals surface area contributed by atoms with E-state index >= 15 is 0 Å². The van der Waals surface area contributed by atoms with Crippen LogP contribution in [0.1, 0.15) is 30.0 Å². The highest BCUT2D eigenvalue weighted by molar-refractivity contribution is 7.07. The Bertz CT molecular complexity index is 1150. The van der Waals surface area contributed by atoms with Gasteiger partial charge in [0.2, 0.25) is 0 Å². The van der Waals surface area contributed by atoms with Crippen LogP contribution in [0.4, 0.5) is 11.4 Å². The van der Waals surface area contributed by atoms with Gasteiger partial charge < -0.3 is 14.6 Å². The van der Waals surface area contributed by atoms with Crippen LogP contribution in [0.3, 0.4) is 0 Å². The van der Waals surface area contributed by atoms with Crippen molar-refractivity contribution < 1.29 is 9.53 Å². The Morgan fingerprint density at radius 1 is 1.18 bits per heavy atom. The number of ether oxygens (including phenoxy) is 1. The number of amides is 1. The number of hydrogen-bond acceptors (Lipinski definition) is 4. The topological polar surface area (TPSA) is 55.6 Å². The second-order valence-corrected chi connectivity index (χ2v) is 8.29. The second-order valence-electron chi connectivity index (χ2n) is 7.45. The minimum absolute atomic E-state index is 0.0752. The Morgan fingerprint density at radius 3 is 2.82 bits per heavy atom. The number of anilines is 1. The van der Waals surface area contributed by atoms with Crippen LogP contribution in [0.25, 0.3) is 11.3 Å². The molecule has 2 aromatic carbocycles. The molecule has 1 aromatic heterocycles. The van der Waals surface area contributed by atoms with Crippen LogP contribution in [0.2, 0.25) is 0 Å². The lowest BCUT2D eigenvalue weighted by atomic mass is 10.1. The zero-order chi connectivity index (χ0) is 19.3. The molecule has 1 amide bonds. The van der Waals surface area contributed by atoms with Gasteiger partial charge in [0.05, 0.1) is 17.1 Å². The molecule has 5 nitrogen and oxygen atoms in total. The lowest BCUT2D eigenvalue weighted by molar-refractivity contribution is -0.118. The zero-order valence-corrected chi connectivity index (χ0v) is 16.7. The summed E-state index contributed by atoms with van der Waals surface area (Å²) in [5, 5.41) is 5.06. The number of hydrogen-bond donors (Lipinski definition) is 1. The summed E-state index contributed by atoms with van der Waals surface area (Å²) in [6, 6.07) is 12.8. The summed E-state index contributed by atoms with van der Waals surface area (Å²) in [4.78, 5) is 17.7. The van der Waals surface area contributed by atoms with E-state index in [1.807, 2.05) is 12.1 Å². The maximum absolute atomic E-state index is 11.7. The van der Waals surface area contributed by atoms with Crippen molar-refractivity contribution in [1.82, 2.24) is 4.57 Å². The van der Waals surface area contributed by atoms with Crippen molar-refractivity contribution in [2.24, 2.45) is 4.99 Å². The van der Waals surface area contributed by atoms with Gasteiger partial charge in [0.1, 0.15) is 5.75 Å². The Labute approximate surface area is 167 Å². The zero-order valence-electron chi connectivity index (χ0n) is 15.9. The summed E-state index contributed by atoms with van der Waals surface area (Å²) in [6.07, 6.45) is 2.35. The van der Waals surface area contributed by atoms with E-state index in [-0.39, 0.29) is 12.5 Å². The van der Waals surface area contributed by atoms with Gasteiger partial charge in [-0.1, -0.05) is 17.7 Å². The van der Waals surface area contributed by atoms with Crippen LogP contribution in [0.15, 0.2) is 46.8 Å². The minimum atomic E-state index is -0.115. The maximum Gasteiger partial charge on any atom is 0.262 e. The Balaban J connectivity index is 1.61. The van der Waals surface area contributed by atoms with Crippen molar-refractivity contribution in [2.75, 3.05) is 11.9 Å². The van der Waals surface area contributed by atoms with E-state index in [4.69, 9.17) is 9.73 Å². The molecule has 5 rings (SSSR count). The average Bonchev–Trinajstić information content (AvgIpc) is 3.43. The number of nitrogens with one attached hydrogen (secondary N) is 1. The predicted molar refractivity (Wildman–Crippen MR) is 111 cm³/mol. The molecule has 1 N–H and O–H groups in total. The van der Waals surface area contributed by atoms with Crippen molar-refractivity contribution >= 4 is 28.6 Å². The van der Waals surface area contributed by atoms with Crippen molar-refractivity contribution in [3.8, 4) is 17.0 Å². The maximum atomic E-state index is 11.7. The number of aromatic nitrogens is 1. The lowest BCUT2D eigenvalue weighted by Gasteiger charge is -2.19. The van der Waals surface area contributed by atoms with Crippen molar-refractivity contribution in [1.29, 1.82) is 0 Å². The lowest BCUT2D eigenvalue weighted by Crippen LogP contribution is -2.25. The van der Waals surface area contributed by atoms with E-state index in [1.54, 1.807) is 11.3 Å². The highest BCUT2D eigenvalue weighted by Gasteiger charge is 2.28. The Hall–Kier alpha value is -2.86. The van der Waals surface area contributed by atoms with Gasteiger partial charge in [0.15, 0.2) is 11.4 Å². The van der Waals surface area contributed by atoms with Crippen LogP contribution >= 0.6 is 11.3 Å². The van der Waals surface area contributed by atoms with Crippen LogP contribution in [-0.4, -0.2) is 17.1 Å². The summed E-state index contributed by atoms with van der Waals surface area (Å²) in [7, 11) is 0. The predicted octanol–water partition coefficient (Wildman–Crippen LogP) is 4.73. The first-order chi connectivity index (χ1) is 13.6. The summed E-state index contributed by atoms with van der Waals surface area (Å²) < 4.78 is 7.83. The van der Waals surface area contributed by atoms with Gasteiger partial charge >= 0.3 is 0 Å². The molecule has 0 radical (unpaired) electrons. The number of rotatable bonds is 3. The number of thiazole rings is 1. The third-order valence-corrected chi connectivity index (χ3v) is 5.97. The van der Waals surface area contributed by atoms with Gasteiger partial charge in [0, 0.05) is 17.0 Å². The summed E-state index contributed by atoms with van der Waals surface area (Å²) >= 11 is 1.66. The normalized spacial score (nSPS) is 16.5. The van der Waals surface area contributed by atoms with E-state index in [0.29, 0.717) is 6.04 Å². The van der Waals surface area contributed by atoms with E-state index in [0.717, 1.165) is 33.2 Å². The number of aryl methyl sites for hydroxylation is 2. The Kier molecular flexibility index (Phi) is 4.09. The van der Waals surface area contributed by atoms with E-state index < -0.39 is 0 Å². The monoisotopic (exact) mass is 391 g/mol. The summed E-state index contributed by atoms with van der Waals surface area (Å²) in [5.74, 6) is 0.604. The molecule has 28 heavy (non-hydrogen) atoms. The van der Waals surface area contributed by atoms with E-state index in [9.17, 15) is 4.79 Å². The first-order valence-corrected chi connectivity index (χ1v) is 10.4. The number of carbonyl (C=O) groups excluding carboxylic acids is 1. The van der Waals surface area contributed by atoms with Gasteiger partial charge in [-0.15, -0.1) is 11.3 Å². The number of nitrogens with zero attached hydrogens (tertiary/aromatic N) is 2. The molecule has 2 aliphatic rings. The fourth-order valence-electron chi connectivity index (χ4n) is 3.57. The fraction of sp³-hybridized carbons (Fsp3) is 0.273. The van der Waals surface area contributed by atoms with Crippen LogP contribution in [-0.2, 0) is 4.79 Å². The molecule has 0 unspecified atom stereocenters. The summed E-state index contributed by atoms with van der Waals surface area (Å²) in [6.45, 7) is 4.28. The second kappa shape index (κ2) is 6.63. The summed E-state index contributed by atoms with van der Waals surface area (Å²) in [5.41, 5.74) is 6.38. The molecule has 1 fully saturated rings. The Morgan fingerprint density at radius 2 is 2.04 bits per heavy atom. The smallest absolute Gasteiger partial charge is 0.262 e. The third kappa shape index (κ3) is 3.14. The van der Waals surface area contributed by atoms with Gasteiger partial charge in [0.25, 0.3) is 5.91 Å². The molecule has 2 heterocycles. The van der Waals surface area contributed by atoms with Crippen LogP contribution in [0.5, 0.6) is 5.75 Å². The van der Waals surface area contributed by atoms with Crippen LogP contribution < -0.4 is 14.9 Å². The molecule has 1 aliphatic heterocycles. The fourth-order valence-corrected chi connectivity index (χ4v) is 4.55. The molecule has 0 spiro atoms. The molecule has 1 saturated carbocycles. The van der Waals surface area contributed by atoms with E-state index in [1.165, 1.54) is 24.0 Å². The van der Waals surface area contributed by atoms with Gasteiger partial charge in [-0.25, -0.2) is 4.99 Å². The van der Waals surface area contributed by atoms with Crippen molar-refractivity contribution in [3.05, 3.63) is 57.7 Å². The quantitative estimate of drug-likeness (QED) is 0.702. The molecular weight excluding hydrogens is 370 g/mol. The molecular formula is C22H21N3O2S. The number of fused-ring (bicyclic) bond motifs is 1. The van der Waals surface area contributed by atoms with Gasteiger partial charge in [-0.05, 0) is 56.5 Å². The highest BCUT2D eigenvalue weighted by Crippen LogP contribution is 2.40. The number of carbonyl (C=O) groups is 1. The van der Waals surface area contributed by atoms with Crippen molar-refractivity contribution in [2.45, 2.75) is 32.7 Å². The average molecular weight is 391 g/mol. The van der Waals surface area contributed by atoms with E-state index in [2.05, 4.69) is 53.4 Å². The third-order valence-electron chi connectivity index (χ3n) is 5.13. The minimum Gasteiger partial charge on any atom is -0.482 e. The first kappa shape index (κ1) is 17.3. The largest absolute Gasteiger partial charge is 0.482 e. The molecule has 3 aromatic rings. The molecule has 6 heteroatoms. The molecule has 0 bridgehead atoms. The van der Waals surface area contributed by atoms with Gasteiger partial charge in [-0.3, -0.25) is 4.79 Å². The standard InChI is InChI=1S/C22H21N3O2S/c1-13-3-7-17(14(2)9-13)24-22-25(16-5-6-16)19(12-28-22)15-4-8-20-18(10-15)23-21(26)11-27-20/h3-4,7-10,12,16H,5-6,11H2,1-2H3,(H,23,26).